The van der Waals surface area contributed by atoms with E-state index in [2.05, 4.69) is 20.4 Å². The number of nitrogens with zero attached hydrogens (tertiary/aromatic N) is 4. The molecular weight excluding hydrogens is 438 g/mol. The van der Waals surface area contributed by atoms with E-state index in [9.17, 15) is 4.79 Å². The van der Waals surface area contributed by atoms with Gasteiger partial charge in [-0.25, -0.2) is 14.6 Å². The van der Waals surface area contributed by atoms with Gasteiger partial charge in [0.15, 0.2) is 17.1 Å². The van der Waals surface area contributed by atoms with Crippen molar-refractivity contribution in [3.63, 3.8) is 0 Å². The highest BCUT2D eigenvalue weighted by Crippen LogP contribution is 2.28. The van der Waals surface area contributed by atoms with Crippen LogP contribution in [0.3, 0.4) is 0 Å². The van der Waals surface area contributed by atoms with Gasteiger partial charge >= 0.3 is 0 Å². The van der Waals surface area contributed by atoms with Crippen molar-refractivity contribution in [1.82, 2.24) is 25.1 Å². The van der Waals surface area contributed by atoms with Crippen LogP contribution in [0.5, 0.6) is 11.5 Å². The Morgan fingerprint density at radius 1 is 1.06 bits per heavy atom. The average molecular weight is 464 g/mol. The SMILES string of the molecule is COc1ccc(CCNC(=O)CSc2nc(C)nc3c2cnn3-c2ccccc2)cc1OC. The third-order valence-corrected chi connectivity index (χ3v) is 6.02. The first kappa shape index (κ1) is 22.6. The molecule has 4 rings (SSSR count). The van der Waals surface area contributed by atoms with Crippen LogP contribution >= 0.6 is 11.8 Å². The molecule has 0 bridgehead atoms. The van der Waals surface area contributed by atoms with Crippen molar-refractivity contribution in [3.8, 4) is 17.2 Å². The molecule has 2 aromatic heterocycles. The molecule has 0 fully saturated rings. The van der Waals surface area contributed by atoms with Crippen LogP contribution in [0.1, 0.15) is 11.4 Å². The Balaban J connectivity index is 1.37. The van der Waals surface area contributed by atoms with Gasteiger partial charge in [-0.05, 0) is 43.2 Å². The predicted octanol–water partition coefficient (Wildman–Crippen LogP) is 3.59. The van der Waals surface area contributed by atoms with Crippen molar-refractivity contribution in [2.75, 3.05) is 26.5 Å². The first-order valence-corrected chi connectivity index (χ1v) is 11.5. The normalized spacial score (nSPS) is 10.9. The lowest BCUT2D eigenvalue weighted by Crippen LogP contribution is -2.27. The molecular formula is C24H25N5O3S. The van der Waals surface area contributed by atoms with Crippen LogP contribution in [0.2, 0.25) is 0 Å². The van der Waals surface area contributed by atoms with E-state index >= 15 is 0 Å². The van der Waals surface area contributed by atoms with E-state index in [1.807, 2.05) is 55.5 Å². The molecule has 1 amide bonds. The zero-order valence-electron chi connectivity index (χ0n) is 18.7. The molecule has 1 N–H and O–H groups in total. The Kier molecular flexibility index (Phi) is 7.09. The van der Waals surface area contributed by atoms with Gasteiger partial charge in [-0.15, -0.1) is 0 Å². The number of hydrogen-bond donors (Lipinski definition) is 1. The van der Waals surface area contributed by atoms with Gasteiger partial charge in [0.2, 0.25) is 5.91 Å². The molecule has 170 valence electrons. The lowest BCUT2D eigenvalue weighted by Gasteiger charge is -2.10. The summed E-state index contributed by atoms with van der Waals surface area (Å²) in [5, 5.41) is 9.02. The number of thioether (sulfide) groups is 1. The zero-order valence-corrected chi connectivity index (χ0v) is 19.6. The summed E-state index contributed by atoms with van der Waals surface area (Å²) >= 11 is 1.38. The average Bonchev–Trinajstić information content (AvgIpc) is 3.26. The monoisotopic (exact) mass is 463 g/mol. The summed E-state index contributed by atoms with van der Waals surface area (Å²) in [6, 6.07) is 15.6. The number of carbonyl (C=O) groups is 1. The molecule has 0 radical (unpaired) electrons. The van der Waals surface area contributed by atoms with Crippen molar-refractivity contribution in [2.24, 2.45) is 0 Å². The highest BCUT2D eigenvalue weighted by molar-refractivity contribution is 8.00. The quantitative estimate of drug-likeness (QED) is 0.300. The van der Waals surface area contributed by atoms with E-state index in [1.165, 1.54) is 11.8 Å². The van der Waals surface area contributed by atoms with Gasteiger partial charge < -0.3 is 14.8 Å². The van der Waals surface area contributed by atoms with E-state index in [0.29, 0.717) is 30.3 Å². The molecule has 8 nitrogen and oxygen atoms in total. The number of ether oxygens (including phenoxy) is 2. The fourth-order valence-corrected chi connectivity index (χ4v) is 4.29. The Morgan fingerprint density at radius 3 is 2.61 bits per heavy atom. The van der Waals surface area contributed by atoms with Gasteiger partial charge in [0.1, 0.15) is 10.9 Å². The summed E-state index contributed by atoms with van der Waals surface area (Å²) in [7, 11) is 3.21. The number of hydrogen-bond acceptors (Lipinski definition) is 7. The van der Waals surface area contributed by atoms with Crippen LogP contribution < -0.4 is 14.8 Å². The van der Waals surface area contributed by atoms with Crippen molar-refractivity contribution < 1.29 is 14.3 Å². The first-order chi connectivity index (χ1) is 16.1. The Hall–Kier alpha value is -3.59. The molecule has 9 heteroatoms. The molecule has 0 unspecified atom stereocenters. The first-order valence-electron chi connectivity index (χ1n) is 10.5. The minimum absolute atomic E-state index is 0.0552. The van der Waals surface area contributed by atoms with Gasteiger partial charge in [-0.2, -0.15) is 5.10 Å². The number of para-hydroxylation sites is 1. The molecule has 0 saturated carbocycles. The summed E-state index contributed by atoms with van der Waals surface area (Å²) in [6.07, 6.45) is 2.44. The number of amides is 1. The zero-order chi connectivity index (χ0) is 23.2. The smallest absolute Gasteiger partial charge is 0.230 e. The Bertz CT molecular complexity index is 1260. The number of aryl methyl sites for hydroxylation is 1. The standard InChI is InChI=1S/C24H25N5O3S/c1-16-27-23-19(14-26-29(23)18-7-5-4-6-8-18)24(28-16)33-15-22(30)25-12-11-17-9-10-20(31-2)21(13-17)32-3/h4-10,13-14H,11-12,15H2,1-3H3,(H,25,30). The minimum Gasteiger partial charge on any atom is -0.493 e. The number of fused-ring (bicyclic) bond motifs is 1. The second-order valence-electron chi connectivity index (χ2n) is 7.28. The summed E-state index contributed by atoms with van der Waals surface area (Å²) in [4.78, 5) is 21.5. The van der Waals surface area contributed by atoms with Crippen molar-refractivity contribution in [1.29, 1.82) is 0 Å². The topological polar surface area (TPSA) is 91.2 Å². The summed E-state index contributed by atoms with van der Waals surface area (Å²) in [6.45, 7) is 2.37. The van der Waals surface area contributed by atoms with Gasteiger partial charge in [0.25, 0.3) is 0 Å². The van der Waals surface area contributed by atoms with E-state index in [4.69, 9.17) is 9.47 Å². The molecule has 33 heavy (non-hydrogen) atoms. The minimum atomic E-state index is -0.0552. The molecule has 0 atom stereocenters. The number of rotatable bonds is 9. The molecule has 0 saturated heterocycles. The fraction of sp³-hybridized carbons (Fsp3) is 0.250. The van der Waals surface area contributed by atoms with Crippen LogP contribution in [0.15, 0.2) is 59.8 Å². The Labute approximate surface area is 196 Å². The molecule has 0 spiro atoms. The third kappa shape index (κ3) is 5.25. The molecule has 0 aliphatic rings. The van der Waals surface area contributed by atoms with E-state index < -0.39 is 0 Å². The second kappa shape index (κ2) is 10.4. The number of nitrogens with one attached hydrogen (secondary N) is 1. The van der Waals surface area contributed by atoms with E-state index in [1.54, 1.807) is 25.1 Å². The third-order valence-electron chi connectivity index (χ3n) is 5.03. The maximum absolute atomic E-state index is 12.4. The molecule has 0 aliphatic heterocycles. The number of methoxy groups -OCH3 is 2. The summed E-state index contributed by atoms with van der Waals surface area (Å²) in [5.74, 6) is 2.20. The molecule has 2 aromatic carbocycles. The number of aromatic nitrogens is 4. The van der Waals surface area contributed by atoms with Gasteiger partial charge in [0.05, 0.1) is 37.2 Å². The maximum Gasteiger partial charge on any atom is 0.230 e. The lowest BCUT2D eigenvalue weighted by molar-refractivity contribution is -0.118. The summed E-state index contributed by atoms with van der Waals surface area (Å²) in [5.41, 5.74) is 2.71. The fourth-order valence-electron chi connectivity index (χ4n) is 3.42. The maximum atomic E-state index is 12.4. The highest BCUT2D eigenvalue weighted by Gasteiger charge is 2.14. The predicted molar refractivity (Wildman–Crippen MR) is 128 cm³/mol. The number of benzene rings is 2. The lowest BCUT2D eigenvalue weighted by atomic mass is 10.1. The van der Waals surface area contributed by atoms with Crippen molar-refractivity contribution in [3.05, 3.63) is 66.1 Å². The van der Waals surface area contributed by atoms with Gasteiger partial charge in [-0.3, -0.25) is 4.79 Å². The Morgan fingerprint density at radius 2 is 1.85 bits per heavy atom. The van der Waals surface area contributed by atoms with Crippen LogP contribution in [0, 0.1) is 6.92 Å². The summed E-state index contributed by atoms with van der Waals surface area (Å²) < 4.78 is 12.4. The largest absolute Gasteiger partial charge is 0.493 e. The second-order valence-corrected chi connectivity index (χ2v) is 8.25. The van der Waals surface area contributed by atoms with E-state index in [-0.39, 0.29) is 11.7 Å². The van der Waals surface area contributed by atoms with Crippen molar-refractivity contribution in [2.45, 2.75) is 18.4 Å². The van der Waals surface area contributed by atoms with Crippen LogP contribution in [-0.4, -0.2) is 52.2 Å². The molecule has 2 heterocycles. The number of carbonyl (C=O) groups excluding carboxylic acids is 1. The van der Waals surface area contributed by atoms with Crippen molar-refractivity contribution >= 4 is 28.7 Å². The molecule has 4 aromatic rings. The van der Waals surface area contributed by atoms with Crippen LogP contribution in [-0.2, 0) is 11.2 Å². The van der Waals surface area contributed by atoms with E-state index in [0.717, 1.165) is 27.3 Å². The van der Waals surface area contributed by atoms with Gasteiger partial charge in [0, 0.05) is 6.54 Å². The molecule has 0 aliphatic carbocycles. The van der Waals surface area contributed by atoms with Crippen LogP contribution in [0.25, 0.3) is 16.7 Å². The highest BCUT2D eigenvalue weighted by atomic mass is 32.2. The van der Waals surface area contributed by atoms with Crippen LogP contribution in [0.4, 0.5) is 0 Å². The van der Waals surface area contributed by atoms with Gasteiger partial charge in [-0.1, -0.05) is 36.0 Å².